The van der Waals surface area contributed by atoms with Gasteiger partial charge in [0.1, 0.15) is 4.21 Å². The molecule has 0 fully saturated rings. The minimum atomic E-state index is -4.15. The van der Waals surface area contributed by atoms with Crippen LogP contribution in [0.4, 0.5) is 4.79 Å². The molecule has 0 atom stereocenters. The number of rotatable bonds is 1. The van der Waals surface area contributed by atoms with Gasteiger partial charge in [-0.25, -0.2) is 13.2 Å². The number of carboxylic acid groups (broad SMARTS) is 1. The van der Waals surface area contributed by atoms with Gasteiger partial charge in [0.25, 0.3) is 9.84 Å². The average molecular weight is 271 g/mol. The molecule has 0 amide bonds. The molecule has 66 valence electrons. The molecule has 0 unspecified atom stereocenters. The SMILES string of the molecule is O=C(O)S(=O)(=O)c1ccc(Br)s1. The molecular weight excluding hydrogens is 268 g/mol. The van der Waals surface area contributed by atoms with Crippen LogP contribution in [0.3, 0.4) is 0 Å². The van der Waals surface area contributed by atoms with E-state index in [1.165, 1.54) is 12.1 Å². The van der Waals surface area contributed by atoms with E-state index < -0.39 is 15.1 Å². The normalized spacial score (nSPS) is 11.4. The van der Waals surface area contributed by atoms with Crippen molar-refractivity contribution in [1.82, 2.24) is 0 Å². The molecule has 1 aromatic heterocycles. The highest BCUT2D eigenvalue weighted by molar-refractivity contribution is 9.11. The summed E-state index contributed by atoms with van der Waals surface area (Å²) >= 11 is 3.91. The summed E-state index contributed by atoms with van der Waals surface area (Å²) in [5.41, 5.74) is 0. The molecule has 1 heterocycles. The molecule has 1 rings (SSSR count). The molecule has 0 aliphatic heterocycles. The van der Waals surface area contributed by atoms with Crippen molar-refractivity contribution in [2.75, 3.05) is 0 Å². The molecule has 7 heteroatoms. The zero-order valence-corrected chi connectivity index (χ0v) is 8.74. The van der Waals surface area contributed by atoms with Gasteiger partial charge in [-0.15, -0.1) is 11.3 Å². The Morgan fingerprint density at radius 3 is 2.42 bits per heavy atom. The van der Waals surface area contributed by atoms with Gasteiger partial charge in [0.15, 0.2) is 0 Å². The predicted octanol–water partition coefficient (Wildman–Crippen LogP) is 1.96. The first-order valence-corrected chi connectivity index (χ1v) is 5.77. The van der Waals surface area contributed by atoms with E-state index in [-0.39, 0.29) is 4.21 Å². The Hall–Kier alpha value is -0.400. The van der Waals surface area contributed by atoms with Gasteiger partial charge >= 0.3 is 5.30 Å². The fraction of sp³-hybridized carbons (Fsp3) is 0. The Kier molecular flexibility index (Phi) is 2.55. The topological polar surface area (TPSA) is 71.4 Å². The second-order valence-corrected chi connectivity index (χ2v) is 6.35. The summed E-state index contributed by atoms with van der Waals surface area (Å²) in [6, 6.07) is 2.73. The van der Waals surface area contributed by atoms with Gasteiger partial charge in [0.2, 0.25) is 0 Å². The zero-order chi connectivity index (χ0) is 9.35. The van der Waals surface area contributed by atoms with Crippen LogP contribution in [0.5, 0.6) is 0 Å². The summed E-state index contributed by atoms with van der Waals surface area (Å²) in [6.07, 6.45) is 0. The standard InChI is InChI=1S/C5H3BrO4S2/c6-3-1-2-4(11-3)12(9,10)5(7)8/h1-2H,(H,7,8). The van der Waals surface area contributed by atoms with Crippen LogP contribution in [0, 0.1) is 0 Å². The van der Waals surface area contributed by atoms with Crippen LogP contribution in [0.15, 0.2) is 20.1 Å². The summed E-state index contributed by atoms with van der Waals surface area (Å²) < 4.78 is 22.3. The molecule has 0 saturated carbocycles. The predicted molar refractivity (Wildman–Crippen MR) is 47.2 cm³/mol. The van der Waals surface area contributed by atoms with Crippen molar-refractivity contribution in [2.24, 2.45) is 0 Å². The van der Waals surface area contributed by atoms with Crippen LogP contribution in [0.2, 0.25) is 0 Å². The highest BCUT2D eigenvalue weighted by atomic mass is 79.9. The lowest BCUT2D eigenvalue weighted by Gasteiger charge is -1.90. The molecule has 0 spiro atoms. The first-order valence-electron chi connectivity index (χ1n) is 2.68. The van der Waals surface area contributed by atoms with E-state index in [1.807, 2.05) is 0 Å². The van der Waals surface area contributed by atoms with Gasteiger partial charge in [0.05, 0.1) is 3.79 Å². The van der Waals surface area contributed by atoms with E-state index in [0.717, 1.165) is 11.3 Å². The number of halogens is 1. The van der Waals surface area contributed by atoms with Gasteiger partial charge in [-0.1, -0.05) is 0 Å². The fourth-order valence-electron chi connectivity index (χ4n) is 0.528. The monoisotopic (exact) mass is 270 g/mol. The van der Waals surface area contributed by atoms with E-state index in [4.69, 9.17) is 5.11 Å². The summed E-state index contributed by atoms with van der Waals surface area (Å²) in [7, 11) is -4.15. The Labute approximate surface area is 80.9 Å². The molecular formula is C5H3BrO4S2. The largest absolute Gasteiger partial charge is 0.469 e. The number of sulfone groups is 1. The maximum atomic E-state index is 10.9. The number of thiophene rings is 1. The molecule has 0 radical (unpaired) electrons. The molecule has 4 nitrogen and oxygen atoms in total. The lowest BCUT2D eigenvalue weighted by Crippen LogP contribution is -2.09. The summed E-state index contributed by atoms with van der Waals surface area (Å²) in [6.45, 7) is 0. The van der Waals surface area contributed by atoms with Crippen LogP contribution in [-0.2, 0) is 9.84 Å². The highest BCUT2D eigenvalue weighted by Gasteiger charge is 2.25. The van der Waals surface area contributed by atoms with Gasteiger partial charge in [0, 0.05) is 0 Å². The Morgan fingerprint density at radius 2 is 2.08 bits per heavy atom. The molecule has 12 heavy (non-hydrogen) atoms. The quantitative estimate of drug-likeness (QED) is 0.847. The first-order chi connectivity index (χ1) is 5.44. The van der Waals surface area contributed by atoms with Crippen molar-refractivity contribution in [1.29, 1.82) is 0 Å². The summed E-state index contributed by atoms with van der Waals surface area (Å²) in [5, 5.41) is 6.48. The van der Waals surface area contributed by atoms with Crippen molar-refractivity contribution in [3.05, 3.63) is 15.9 Å². The van der Waals surface area contributed by atoms with Crippen LogP contribution < -0.4 is 0 Å². The van der Waals surface area contributed by atoms with Crippen molar-refractivity contribution >= 4 is 42.4 Å². The Bertz CT molecular complexity index is 405. The molecule has 0 bridgehead atoms. The lowest BCUT2D eigenvalue weighted by molar-refractivity contribution is 0.219. The minimum Gasteiger partial charge on any atom is -0.469 e. The second kappa shape index (κ2) is 3.15. The third-order valence-corrected chi connectivity index (χ3v) is 4.50. The smallest absolute Gasteiger partial charge is 0.427 e. The average Bonchev–Trinajstić information content (AvgIpc) is 2.35. The summed E-state index contributed by atoms with van der Waals surface area (Å²) in [4.78, 5) is 10.2. The molecule has 0 aliphatic rings. The maximum Gasteiger partial charge on any atom is 0.427 e. The molecule has 1 N–H and O–H groups in total. The van der Waals surface area contributed by atoms with Crippen LogP contribution in [0.25, 0.3) is 0 Å². The van der Waals surface area contributed by atoms with Crippen LogP contribution >= 0.6 is 27.3 Å². The van der Waals surface area contributed by atoms with E-state index in [0.29, 0.717) is 3.79 Å². The van der Waals surface area contributed by atoms with Crippen LogP contribution in [-0.4, -0.2) is 18.8 Å². The third-order valence-electron chi connectivity index (χ3n) is 1.04. The van der Waals surface area contributed by atoms with Crippen LogP contribution in [0.1, 0.15) is 0 Å². The van der Waals surface area contributed by atoms with Gasteiger partial charge in [-0.3, -0.25) is 0 Å². The van der Waals surface area contributed by atoms with Gasteiger partial charge in [-0.2, -0.15) is 0 Å². The molecule has 0 saturated heterocycles. The third kappa shape index (κ3) is 1.67. The van der Waals surface area contributed by atoms with Crippen molar-refractivity contribution in [3.63, 3.8) is 0 Å². The fourth-order valence-corrected chi connectivity index (χ4v) is 3.31. The number of carbonyl (C=O) groups is 1. The Morgan fingerprint density at radius 1 is 1.50 bits per heavy atom. The van der Waals surface area contributed by atoms with Crippen molar-refractivity contribution in [2.45, 2.75) is 4.21 Å². The van der Waals surface area contributed by atoms with E-state index in [1.54, 1.807) is 0 Å². The maximum absolute atomic E-state index is 10.9. The highest BCUT2D eigenvalue weighted by Crippen LogP contribution is 2.26. The second-order valence-electron chi connectivity index (χ2n) is 1.83. The van der Waals surface area contributed by atoms with E-state index in [2.05, 4.69) is 15.9 Å². The van der Waals surface area contributed by atoms with Gasteiger partial charge in [-0.05, 0) is 28.1 Å². The molecule has 0 aromatic carbocycles. The number of hydrogen-bond donors (Lipinski definition) is 1. The Balaban J connectivity index is 3.24. The molecule has 0 aliphatic carbocycles. The first kappa shape index (κ1) is 9.69. The van der Waals surface area contributed by atoms with Gasteiger partial charge < -0.3 is 5.11 Å². The zero-order valence-electron chi connectivity index (χ0n) is 5.52. The molecule has 1 aromatic rings. The lowest BCUT2D eigenvalue weighted by atomic mass is 10.7. The number of hydrogen-bond acceptors (Lipinski definition) is 4. The van der Waals surface area contributed by atoms with Crippen molar-refractivity contribution in [3.8, 4) is 0 Å². The van der Waals surface area contributed by atoms with Crippen molar-refractivity contribution < 1.29 is 18.3 Å². The van der Waals surface area contributed by atoms with E-state index in [9.17, 15) is 13.2 Å². The van der Waals surface area contributed by atoms with E-state index >= 15 is 0 Å². The summed E-state index contributed by atoms with van der Waals surface area (Å²) in [5.74, 6) is 0. The minimum absolute atomic E-state index is 0.165.